The van der Waals surface area contributed by atoms with Gasteiger partial charge in [-0.05, 0) is 54.3 Å². The Hall–Kier alpha value is -3.31. The van der Waals surface area contributed by atoms with Crippen molar-refractivity contribution in [2.75, 3.05) is 19.0 Å². The normalized spacial score (nSPS) is 15.0. The fourth-order valence-corrected chi connectivity index (χ4v) is 4.21. The number of rotatable bonds is 6. The third-order valence-corrected chi connectivity index (χ3v) is 5.87. The topological polar surface area (TPSA) is 58.6 Å². The molecule has 1 aliphatic rings. The summed E-state index contributed by atoms with van der Waals surface area (Å²) in [5.74, 6) is 0.340. The van der Waals surface area contributed by atoms with Crippen LogP contribution in [0.25, 0.3) is 0 Å². The summed E-state index contributed by atoms with van der Waals surface area (Å²) in [7, 11) is 1.62. The van der Waals surface area contributed by atoms with Crippen molar-refractivity contribution in [2.45, 2.75) is 19.4 Å². The molecule has 1 N–H and O–H groups in total. The summed E-state index contributed by atoms with van der Waals surface area (Å²) in [4.78, 5) is 28.1. The number of ether oxygens (including phenoxy) is 1. The van der Waals surface area contributed by atoms with E-state index in [1.54, 1.807) is 24.1 Å². The standard InChI is InChI=1S/C25H23ClN2O3/c1-16-7-5-12-21(26)22(16)27-24(29)23-19-10-3-4-11-20(19)25(30)28(23)14-13-17-8-6-9-18(15-17)31-2/h3-12,15,23H,13-14H2,1-2H3,(H,27,29). The number of fused-ring (bicyclic) bond motifs is 1. The number of amides is 2. The summed E-state index contributed by atoms with van der Waals surface area (Å²) < 4.78 is 5.29. The smallest absolute Gasteiger partial charge is 0.255 e. The van der Waals surface area contributed by atoms with Gasteiger partial charge in [-0.25, -0.2) is 0 Å². The summed E-state index contributed by atoms with van der Waals surface area (Å²) in [6, 6.07) is 19.7. The SMILES string of the molecule is COc1cccc(CCN2C(=O)c3ccccc3C2C(=O)Nc2c(C)cccc2Cl)c1. The van der Waals surface area contributed by atoms with E-state index in [0.717, 1.165) is 16.9 Å². The number of hydrogen-bond donors (Lipinski definition) is 1. The van der Waals surface area contributed by atoms with Crippen LogP contribution in [0.3, 0.4) is 0 Å². The van der Waals surface area contributed by atoms with E-state index in [1.165, 1.54) is 0 Å². The Kier molecular flexibility index (Phi) is 5.96. The zero-order valence-electron chi connectivity index (χ0n) is 17.4. The predicted octanol–water partition coefficient (Wildman–Crippen LogP) is 5.04. The Balaban J connectivity index is 1.62. The van der Waals surface area contributed by atoms with Crippen molar-refractivity contribution in [1.82, 2.24) is 4.90 Å². The summed E-state index contributed by atoms with van der Waals surface area (Å²) >= 11 is 6.31. The van der Waals surface area contributed by atoms with Gasteiger partial charge in [-0.2, -0.15) is 0 Å². The average Bonchev–Trinajstić information content (AvgIpc) is 3.07. The minimum Gasteiger partial charge on any atom is -0.497 e. The highest BCUT2D eigenvalue weighted by atomic mass is 35.5. The minimum absolute atomic E-state index is 0.144. The largest absolute Gasteiger partial charge is 0.497 e. The highest BCUT2D eigenvalue weighted by Gasteiger charge is 2.40. The van der Waals surface area contributed by atoms with Crippen molar-refractivity contribution < 1.29 is 14.3 Å². The second-order valence-electron chi connectivity index (χ2n) is 7.51. The maximum absolute atomic E-state index is 13.4. The minimum atomic E-state index is -0.718. The summed E-state index contributed by atoms with van der Waals surface area (Å²) in [5.41, 5.74) is 3.73. The second-order valence-corrected chi connectivity index (χ2v) is 7.92. The zero-order valence-corrected chi connectivity index (χ0v) is 18.1. The Bertz CT molecular complexity index is 1120. The number of carbonyl (C=O) groups excluding carboxylic acids is 2. The lowest BCUT2D eigenvalue weighted by molar-refractivity contribution is -0.120. The maximum Gasteiger partial charge on any atom is 0.255 e. The van der Waals surface area contributed by atoms with Gasteiger partial charge in [0.1, 0.15) is 11.8 Å². The number of halogens is 1. The number of anilines is 1. The number of aryl methyl sites for hydroxylation is 1. The number of carbonyl (C=O) groups is 2. The molecule has 0 bridgehead atoms. The number of benzene rings is 3. The third kappa shape index (κ3) is 4.14. The van der Waals surface area contributed by atoms with Crippen LogP contribution in [-0.2, 0) is 11.2 Å². The van der Waals surface area contributed by atoms with Crippen molar-refractivity contribution in [3.63, 3.8) is 0 Å². The maximum atomic E-state index is 13.4. The molecule has 0 spiro atoms. The molecule has 3 aromatic rings. The first-order valence-electron chi connectivity index (χ1n) is 10.1. The number of hydrogen-bond acceptors (Lipinski definition) is 3. The van der Waals surface area contributed by atoms with Crippen LogP contribution in [0, 0.1) is 6.92 Å². The van der Waals surface area contributed by atoms with Gasteiger partial charge in [0.25, 0.3) is 11.8 Å². The van der Waals surface area contributed by atoms with Crippen LogP contribution < -0.4 is 10.1 Å². The number of para-hydroxylation sites is 1. The monoisotopic (exact) mass is 434 g/mol. The van der Waals surface area contributed by atoms with E-state index in [0.29, 0.717) is 34.8 Å². The van der Waals surface area contributed by atoms with Gasteiger partial charge in [-0.3, -0.25) is 9.59 Å². The molecule has 0 aliphatic carbocycles. The van der Waals surface area contributed by atoms with E-state index in [-0.39, 0.29) is 11.8 Å². The molecular formula is C25H23ClN2O3. The molecule has 0 fully saturated rings. The van der Waals surface area contributed by atoms with E-state index >= 15 is 0 Å². The number of nitrogens with one attached hydrogen (secondary N) is 1. The lowest BCUT2D eigenvalue weighted by atomic mass is 10.0. The van der Waals surface area contributed by atoms with Gasteiger partial charge in [0.2, 0.25) is 0 Å². The molecule has 0 aromatic heterocycles. The Morgan fingerprint density at radius 3 is 2.65 bits per heavy atom. The molecule has 3 aromatic carbocycles. The Labute approximate surface area is 186 Å². The summed E-state index contributed by atoms with van der Waals surface area (Å²) in [5, 5.41) is 3.41. The molecule has 1 aliphatic heterocycles. The first-order chi connectivity index (χ1) is 15.0. The van der Waals surface area contributed by atoms with Crippen LogP contribution in [0.15, 0.2) is 66.7 Å². The predicted molar refractivity (Wildman–Crippen MR) is 122 cm³/mol. The molecule has 0 saturated carbocycles. The van der Waals surface area contributed by atoms with E-state index in [1.807, 2.05) is 61.5 Å². The fourth-order valence-electron chi connectivity index (χ4n) is 3.94. The lowest BCUT2D eigenvalue weighted by Crippen LogP contribution is -2.37. The molecule has 0 saturated heterocycles. The molecule has 5 nitrogen and oxygen atoms in total. The van der Waals surface area contributed by atoms with Crippen molar-refractivity contribution in [3.8, 4) is 5.75 Å². The second kappa shape index (κ2) is 8.82. The van der Waals surface area contributed by atoms with Crippen LogP contribution in [0.4, 0.5) is 5.69 Å². The number of methoxy groups -OCH3 is 1. The molecular weight excluding hydrogens is 412 g/mol. The van der Waals surface area contributed by atoms with Crippen molar-refractivity contribution in [2.24, 2.45) is 0 Å². The first-order valence-corrected chi connectivity index (χ1v) is 10.5. The van der Waals surface area contributed by atoms with Gasteiger partial charge in [0, 0.05) is 12.1 Å². The van der Waals surface area contributed by atoms with Crippen LogP contribution in [0.2, 0.25) is 5.02 Å². The van der Waals surface area contributed by atoms with E-state index in [9.17, 15) is 9.59 Å². The molecule has 158 valence electrons. The third-order valence-electron chi connectivity index (χ3n) is 5.55. The molecule has 1 unspecified atom stereocenters. The molecule has 1 heterocycles. The lowest BCUT2D eigenvalue weighted by Gasteiger charge is -2.25. The van der Waals surface area contributed by atoms with Crippen LogP contribution in [0.1, 0.15) is 33.1 Å². The molecule has 31 heavy (non-hydrogen) atoms. The molecule has 2 amide bonds. The van der Waals surface area contributed by atoms with Gasteiger partial charge < -0.3 is 15.0 Å². The van der Waals surface area contributed by atoms with Crippen molar-refractivity contribution in [3.05, 3.63) is 94.0 Å². The highest BCUT2D eigenvalue weighted by Crippen LogP contribution is 2.36. The Morgan fingerprint density at radius 1 is 1.10 bits per heavy atom. The van der Waals surface area contributed by atoms with Gasteiger partial charge in [0.15, 0.2) is 0 Å². The molecule has 0 radical (unpaired) electrons. The quantitative estimate of drug-likeness (QED) is 0.591. The van der Waals surface area contributed by atoms with Crippen LogP contribution >= 0.6 is 11.6 Å². The van der Waals surface area contributed by atoms with Gasteiger partial charge in [-0.1, -0.05) is 54.1 Å². The molecule has 4 rings (SSSR count). The van der Waals surface area contributed by atoms with Crippen molar-refractivity contribution >= 4 is 29.1 Å². The zero-order chi connectivity index (χ0) is 22.0. The summed E-state index contributed by atoms with van der Waals surface area (Å²) in [6.07, 6.45) is 0.603. The van der Waals surface area contributed by atoms with Gasteiger partial charge in [0.05, 0.1) is 17.8 Å². The number of nitrogens with zero attached hydrogens (tertiary/aromatic N) is 1. The van der Waals surface area contributed by atoms with Crippen LogP contribution in [0.5, 0.6) is 5.75 Å². The molecule has 1 atom stereocenters. The van der Waals surface area contributed by atoms with Gasteiger partial charge in [-0.15, -0.1) is 0 Å². The summed E-state index contributed by atoms with van der Waals surface area (Å²) in [6.45, 7) is 2.29. The van der Waals surface area contributed by atoms with Crippen LogP contribution in [-0.4, -0.2) is 30.4 Å². The van der Waals surface area contributed by atoms with Crippen molar-refractivity contribution in [1.29, 1.82) is 0 Å². The van der Waals surface area contributed by atoms with E-state index in [4.69, 9.17) is 16.3 Å². The fraction of sp³-hybridized carbons (Fsp3) is 0.200. The van der Waals surface area contributed by atoms with E-state index in [2.05, 4.69) is 5.32 Å². The average molecular weight is 435 g/mol. The van der Waals surface area contributed by atoms with E-state index < -0.39 is 6.04 Å². The highest BCUT2D eigenvalue weighted by molar-refractivity contribution is 6.34. The molecule has 6 heteroatoms. The Morgan fingerprint density at radius 2 is 1.87 bits per heavy atom. The first kappa shape index (κ1) is 20.9. The van der Waals surface area contributed by atoms with Gasteiger partial charge >= 0.3 is 0 Å².